The molecule has 0 saturated carbocycles. The minimum Gasteiger partial charge on any atom is -0.399 e. The standard InChI is InChI=1S/C13H8N2O2S/c16-13-11(9-5-2-1-3-6-9)14-15-12(17-13)10-7-4-8-18-10/h1-8H. The molecule has 0 bridgehead atoms. The van der Waals surface area contributed by atoms with Crippen LogP contribution in [0.1, 0.15) is 0 Å². The quantitative estimate of drug-likeness (QED) is 0.707. The Labute approximate surface area is 107 Å². The molecule has 0 unspecified atom stereocenters. The van der Waals surface area contributed by atoms with E-state index in [-0.39, 0.29) is 11.6 Å². The number of benzene rings is 1. The molecule has 0 saturated heterocycles. The minimum absolute atomic E-state index is 0.232. The fourth-order valence-corrected chi connectivity index (χ4v) is 2.21. The largest absolute Gasteiger partial charge is 0.399 e. The van der Waals surface area contributed by atoms with Crippen LogP contribution in [0.5, 0.6) is 0 Å². The smallest absolute Gasteiger partial charge is 0.366 e. The zero-order valence-electron chi connectivity index (χ0n) is 9.24. The lowest BCUT2D eigenvalue weighted by atomic mass is 10.2. The van der Waals surface area contributed by atoms with E-state index in [0.717, 1.165) is 4.88 Å². The van der Waals surface area contributed by atoms with Gasteiger partial charge in [-0.3, -0.25) is 0 Å². The second-order valence-electron chi connectivity index (χ2n) is 3.59. The van der Waals surface area contributed by atoms with Gasteiger partial charge in [0.25, 0.3) is 5.89 Å². The van der Waals surface area contributed by atoms with Crippen LogP contribution < -0.4 is 5.63 Å². The first-order valence-electron chi connectivity index (χ1n) is 5.32. The van der Waals surface area contributed by atoms with Gasteiger partial charge in [-0.1, -0.05) is 36.4 Å². The average Bonchev–Trinajstić information content (AvgIpc) is 2.93. The van der Waals surface area contributed by atoms with Gasteiger partial charge in [0.05, 0.1) is 4.88 Å². The van der Waals surface area contributed by atoms with Gasteiger partial charge < -0.3 is 4.42 Å². The molecule has 1 aromatic carbocycles. The van der Waals surface area contributed by atoms with E-state index < -0.39 is 5.63 Å². The molecule has 0 spiro atoms. The van der Waals surface area contributed by atoms with E-state index in [0.29, 0.717) is 5.56 Å². The Kier molecular flexibility index (Phi) is 2.74. The van der Waals surface area contributed by atoms with Crippen molar-refractivity contribution in [3.63, 3.8) is 0 Å². The van der Waals surface area contributed by atoms with E-state index in [1.807, 2.05) is 35.7 Å². The van der Waals surface area contributed by atoms with Crippen molar-refractivity contribution in [1.29, 1.82) is 0 Å². The van der Waals surface area contributed by atoms with Crippen molar-refractivity contribution >= 4 is 11.3 Å². The summed E-state index contributed by atoms with van der Waals surface area (Å²) in [6.07, 6.45) is 0. The van der Waals surface area contributed by atoms with Gasteiger partial charge in [-0.2, -0.15) is 0 Å². The zero-order chi connectivity index (χ0) is 12.4. The molecular formula is C13H8N2O2S. The maximum absolute atomic E-state index is 11.9. The lowest BCUT2D eigenvalue weighted by molar-refractivity contribution is 0.496. The molecule has 0 aliphatic rings. The van der Waals surface area contributed by atoms with Crippen molar-refractivity contribution in [2.75, 3.05) is 0 Å². The maximum atomic E-state index is 11.9. The van der Waals surface area contributed by atoms with Crippen LogP contribution in [-0.4, -0.2) is 10.2 Å². The van der Waals surface area contributed by atoms with Crippen molar-refractivity contribution in [2.24, 2.45) is 0 Å². The molecule has 0 aliphatic carbocycles. The second-order valence-corrected chi connectivity index (χ2v) is 4.53. The molecule has 5 heteroatoms. The van der Waals surface area contributed by atoms with Crippen LogP contribution in [0, 0.1) is 0 Å². The Bertz CT molecular complexity index is 705. The van der Waals surface area contributed by atoms with Gasteiger partial charge in [0, 0.05) is 5.56 Å². The Morgan fingerprint density at radius 1 is 1.00 bits per heavy atom. The summed E-state index contributed by atoms with van der Waals surface area (Å²) < 4.78 is 5.19. The van der Waals surface area contributed by atoms with Crippen molar-refractivity contribution in [3.05, 3.63) is 58.3 Å². The van der Waals surface area contributed by atoms with Gasteiger partial charge >= 0.3 is 5.63 Å². The van der Waals surface area contributed by atoms with E-state index in [1.165, 1.54) is 11.3 Å². The molecule has 0 fully saturated rings. The molecule has 4 nitrogen and oxygen atoms in total. The highest BCUT2D eigenvalue weighted by Gasteiger charge is 2.11. The third-order valence-corrected chi connectivity index (χ3v) is 3.26. The molecule has 0 atom stereocenters. The predicted molar refractivity (Wildman–Crippen MR) is 69.3 cm³/mol. The SMILES string of the molecule is O=c1oc(-c2cccs2)nnc1-c1ccccc1. The molecule has 88 valence electrons. The molecule has 0 N–H and O–H groups in total. The van der Waals surface area contributed by atoms with Crippen LogP contribution in [0.15, 0.2) is 57.1 Å². The van der Waals surface area contributed by atoms with E-state index >= 15 is 0 Å². The van der Waals surface area contributed by atoms with E-state index in [2.05, 4.69) is 10.2 Å². The second kappa shape index (κ2) is 4.54. The summed E-state index contributed by atoms with van der Waals surface area (Å²) in [5.74, 6) is 0.259. The number of hydrogen-bond acceptors (Lipinski definition) is 5. The molecule has 0 amide bonds. The predicted octanol–water partition coefficient (Wildman–Crippen LogP) is 2.83. The minimum atomic E-state index is -0.473. The van der Waals surface area contributed by atoms with Crippen molar-refractivity contribution < 1.29 is 4.42 Å². The average molecular weight is 256 g/mol. The third-order valence-electron chi connectivity index (χ3n) is 2.40. The highest BCUT2D eigenvalue weighted by molar-refractivity contribution is 7.13. The topological polar surface area (TPSA) is 56.0 Å². The fourth-order valence-electron chi connectivity index (χ4n) is 1.56. The third kappa shape index (κ3) is 1.96. The van der Waals surface area contributed by atoms with Crippen LogP contribution in [0.3, 0.4) is 0 Å². The summed E-state index contributed by atoms with van der Waals surface area (Å²) in [6.45, 7) is 0. The Morgan fingerprint density at radius 2 is 1.83 bits per heavy atom. The first-order valence-corrected chi connectivity index (χ1v) is 6.20. The number of thiophene rings is 1. The summed E-state index contributed by atoms with van der Waals surface area (Å²) in [5, 5.41) is 9.80. The molecule has 3 aromatic rings. The number of nitrogens with zero attached hydrogens (tertiary/aromatic N) is 2. The Morgan fingerprint density at radius 3 is 2.50 bits per heavy atom. The first kappa shape index (κ1) is 10.9. The van der Waals surface area contributed by atoms with Gasteiger partial charge in [0.15, 0.2) is 5.69 Å². The molecular weight excluding hydrogens is 248 g/mol. The van der Waals surface area contributed by atoms with Crippen LogP contribution in [0.25, 0.3) is 22.0 Å². The van der Waals surface area contributed by atoms with Gasteiger partial charge in [-0.25, -0.2) is 4.79 Å². The van der Waals surface area contributed by atoms with Crippen LogP contribution in [0.2, 0.25) is 0 Å². The number of hydrogen-bond donors (Lipinski definition) is 0. The zero-order valence-corrected chi connectivity index (χ0v) is 10.1. The molecule has 3 rings (SSSR count). The maximum Gasteiger partial charge on any atom is 0.366 e. The summed E-state index contributed by atoms with van der Waals surface area (Å²) in [6, 6.07) is 12.8. The highest BCUT2D eigenvalue weighted by atomic mass is 32.1. The number of aromatic nitrogens is 2. The van der Waals surface area contributed by atoms with Crippen molar-refractivity contribution in [2.45, 2.75) is 0 Å². The van der Waals surface area contributed by atoms with Gasteiger partial charge in [0.1, 0.15) is 0 Å². The van der Waals surface area contributed by atoms with Crippen LogP contribution in [0.4, 0.5) is 0 Å². The van der Waals surface area contributed by atoms with Gasteiger partial charge in [-0.15, -0.1) is 21.5 Å². The lowest BCUT2D eigenvalue weighted by Gasteiger charge is -1.98. The van der Waals surface area contributed by atoms with Crippen molar-refractivity contribution in [1.82, 2.24) is 10.2 Å². The first-order chi connectivity index (χ1) is 8.84. The normalized spacial score (nSPS) is 10.4. The lowest BCUT2D eigenvalue weighted by Crippen LogP contribution is -2.08. The molecule has 0 aliphatic heterocycles. The number of rotatable bonds is 2. The Balaban J connectivity index is 2.08. The molecule has 0 radical (unpaired) electrons. The monoisotopic (exact) mass is 256 g/mol. The summed E-state index contributed by atoms with van der Waals surface area (Å²) >= 11 is 1.45. The highest BCUT2D eigenvalue weighted by Crippen LogP contribution is 2.21. The van der Waals surface area contributed by atoms with Crippen LogP contribution >= 0.6 is 11.3 Å². The van der Waals surface area contributed by atoms with Crippen molar-refractivity contribution in [3.8, 4) is 22.0 Å². The molecule has 18 heavy (non-hydrogen) atoms. The van der Waals surface area contributed by atoms with Gasteiger partial charge in [-0.05, 0) is 11.4 Å². The van der Waals surface area contributed by atoms with Gasteiger partial charge in [0.2, 0.25) is 0 Å². The van der Waals surface area contributed by atoms with Crippen LogP contribution in [-0.2, 0) is 0 Å². The summed E-state index contributed by atoms with van der Waals surface area (Å²) in [5.41, 5.74) is 0.465. The summed E-state index contributed by atoms with van der Waals surface area (Å²) in [4.78, 5) is 12.7. The van der Waals surface area contributed by atoms with E-state index in [9.17, 15) is 4.79 Å². The summed E-state index contributed by atoms with van der Waals surface area (Å²) in [7, 11) is 0. The van der Waals surface area contributed by atoms with E-state index in [1.54, 1.807) is 12.1 Å². The molecule has 2 heterocycles. The van der Waals surface area contributed by atoms with E-state index in [4.69, 9.17) is 4.42 Å². The Hall–Kier alpha value is -2.27. The molecule has 2 aromatic heterocycles. The fraction of sp³-hybridized carbons (Fsp3) is 0.